The average Bonchev–Trinajstić information content (AvgIpc) is 3.25. The molecule has 0 bridgehead atoms. The van der Waals surface area contributed by atoms with Crippen LogP contribution in [0.4, 0.5) is 5.69 Å². The zero-order valence-electron chi connectivity index (χ0n) is 12.2. The van der Waals surface area contributed by atoms with Gasteiger partial charge in [-0.2, -0.15) is 0 Å². The number of sulfonamides is 1. The van der Waals surface area contributed by atoms with Crippen molar-refractivity contribution in [2.45, 2.75) is 17.1 Å². The lowest BCUT2D eigenvalue weighted by Crippen LogP contribution is -2.35. The van der Waals surface area contributed by atoms with Gasteiger partial charge in [0.15, 0.2) is 5.76 Å². The van der Waals surface area contributed by atoms with Gasteiger partial charge < -0.3 is 4.52 Å². The summed E-state index contributed by atoms with van der Waals surface area (Å²) in [4.78, 5) is 0.756. The van der Waals surface area contributed by atoms with Gasteiger partial charge in [-0.15, -0.1) is 11.3 Å². The van der Waals surface area contributed by atoms with E-state index in [4.69, 9.17) is 4.52 Å². The molecule has 1 aliphatic rings. The fourth-order valence-electron chi connectivity index (χ4n) is 2.79. The molecule has 0 saturated carbocycles. The number of benzene rings is 1. The Kier molecular flexibility index (Phi) is 3.46. The van der Waals surface area contributed by atoms with Crippen molar-refractivity contribution in [1.82, 2.24) is 5.16 Å². The minimum absolute atomic E-state index is 0.320. The highest BCUT2D eigenvalue weighted by Gasteiger charge is 2.30. The zero-order valence-corrected chi connectivity index (χ0v) is 13.8. The molecular weight excluding hydrogens is 332 g/mol. The van der Waals surface area contributed by atoms with Gasteiger partial charge in [-0.25, -0.2) is 8.42 Å². The molecule has 0 atom stereocenters. The van der Waals surface area contributed by atoms with Crippen LogP contribution < -0.4 is 4.31 Å². The van der Waals surface area contributed by atoms with Gasteiger partial charge in [0.1, 0.15) is 4.21 Å². The first-order valence-corrected chi connectivity index (χ1v) is 9.53. The third-order valence-electron chi connectivity index (χ3n) is 3.87. The van der Waals surface area contributed by atoms with E-state index in [0.29, 0.717) is 16.5 Å². The van der Waals surface area contributed by atoms with Crippen molar-refractivity contribution in [1.29, 1.82) is 0 Å². The van der Waals surface area contributed by atoms with E-state index in [0.717, 1.165) is 29.0 Å². The molecule has 0 saturated heterocycles. The minimum atomic E-state index is -3.56. The maximum Gasteiger partial charge on any atom is 0.273 e. The molecule has 0 N–H and O–H groups in total. The fourth-order valence-corrected chi connectivity index (χ4v) is 5.71. The molecule has 7 heteroatoms. The molecule has 5 nitrogen and oxygen atoms in total. The third kappa shape index (κ3) is 2.46. The van der Waals surface area contributed by atoms with Crippen LogP contribution in [0.3, 0.4) is 0 Å². The molecule has 2 aromatic heterocycles. The molecule has 1 aromatic carbocycles. The number of thiophene rings is 1. The van der Waals surface area contributed by atoms with Gasteiger partial charge in [0, 0.05) is 12.6 Å². The third-order valence-corrected chi connectivity index (χ3v) is 7.25. The van der Waals surface area contributed by atoms with Crippen molar-refractivity contribution in [2.75, 3.05) is 10.8 Å². The summed E-state index contributed by atoms with van der Waals surface area (Å²) >= 11 is 1.20. The molecule has 3 aromatic rings. The molecule has 0 unspecified atom stereocenters. The maximum absolute atomic E-state index is 13.0. The highest BCUT2D eigenvalue weighted by Crippen LogP contribution is 2.36. The van der Waals surface area contributed by atoms with Gasteiger partial charge in [-0.3, -0.25) is 4.31 Å². The van der Waals surface area contributed by atoms with E-state index in [1.807, 2.05) is 24.3 Å². The molecule has 118 valence electrons. The quantitative estimate of drug-likeness (QED) is 0.727. The lowest BCUT2D eigenvalue weighted by Gasteiger charge is -2.29. The molecular formula is C16H14N2O3S2. The Labute approximate surface area is 138 Å². The summed E-state index contributed by atoms with van der Waals surface area (Å²) in [5.41, 5.74) is 1.86. The normalized spacial score (nSPS) is 14.7. The van der Waals surface area contributed by atoms with Crippen molar-refractivity contribution < 1.29 is 12.9 Å². The van der Waals surface area contributed by atoms with Crippen molar-refractivity contribution in [3.63, 3.8) is 0 Å². The minimum Gasteiger partial charge on any atom is -0.355 e. The van der Waals surface area contributed by atoms with Crippen LogP contribution >= 0.6 is 11.3 Å². The van der Waals surface area contributed by atoms with E-state index in [2.05, 4.69) is 5.16 Å². The highest BCUT2D eigenvalue weighted by atomic mass is 32.2. The summed E-state index contributed by atoms with van der Waals surface area (Å²) in [7, 11) is -3.56. The van der Waals surface area contributed by atoms with Crippen LogP contribution in [-0.4, -0.2) is 20.1 Å². The Hall–Kier alpha value is -2.12. The van der Waals surface area contributed by atoms with Gasteiger partial charge in [0.25, 0.3) is 10.0 Å². The van der Waals surface area contributed by atoms with E-state index >= 15 is 0 Å². The van der Waals surface area contributed by atoms with Crippen LogP contribution in [0.25, 0.3) is 10.6 Å². The molecule has 3 heterocycles. The van der Waals surface area contributed by atoms with E-state index in [9.17, 15) is 8.42 Å². The number of para-hydroxylation sites is 1. The van der Waals surface area contributed by atoms with Gasteiger partial charge >= 0.3 is 0 Å². The second-order valence-corrected chi connectivity index (χ2v) is 8.48. The van der Waals surface area contributed by atoms with E-state index in [1.54, 1.807) is 24.4 Å². The van der Waals surface area contributed by atoms with Crippen LogP contribution in [0.15, 0.2) is 57.4 Å². The molecule has 0 radical (unpaired) electrons. The first-order chi connectivity index (χ1) is 11.2. The van der Waals surface area contributed by atoms with Crippen LogP contribution in [-0.2, 0) is 16.4 Å². The Bertz CT molecular complexity index is 930. The van der Waals surface area contributed by atoms with Crippen molar-refractivity contribution >= 4 is 27.0 Å². The number of fused-ring (bicyclic) bond motifs is 1. The summed E-state index contributed by atoms with van der Waals surface area (Å²) in [5, 5.41) is 3.66. The second kappa shape index (κ2) is 5.50. The van der Waals surface area contributed by atoms with E-state index in [-0.39, 0.29) is 0 Å². The fraction of sp³-hybridized carbons (Fsp3) is 0.188. The summed E-state index contributed by atoms with van der Waals surface area (Å²) in [6.07, 6.45) is 3.29. The van der Waals surface area contributed by atoms with Crippen LogP contribution in [0.1, 0.15) is 12.0 Å². The molecule has 4 rings (SSSR count). The van der Waals surface area contributed by atoms with Crippen LogP contribution in [0.5, 0.6) is 0 Å². The molecule has 0 fully saturated rings. The van der Waals surface area contributed by atoms with Gasteiger partial charge in [0.2, 0.25) is 0 Å². The first-order valence-electron chi connectivity index (χ1n) is 7.28. The maximum atomic E-state index is 13.0. The number of aryl methyl sites for hydroxylation is 1. The number of rotatable bonds is 3. The zero-order chi connectivity index (χ0) is 15.9. The number of hydrogen-bond donors (Lipinski definition) is 0. The summed E-state index contributed by atoms with van der Waals surface area (Å²) in [5.74, 6) is 0.579. The average molecular weight is 346 g/mol. The molecule has 0 aliphatic carbocycles. The Morgan fingerprint density at radius 3 is 2.83 bits per heavy atom. The number of hydrogen-bond acceptors (Lipinski definition) is 5. The lowest BCUT2D eigenvalue weighted by atomic mass is 10.0. The number of anilines is 1. The Balaban J connectivity index is 1.75. The van der Waals surface area contributed by atoms with Crippen molar-refractivity contribution in [2.24, 2.45) is 0 Å². The number of aromatic nitrogens is 1. The largest absolute Gasteiger partial charge is 0.355 e. The van der Waals surface area contributed by atoms with Gasteiger partial charge in [0.05, 0.1) is 16.8 Å². The smallest absolute Gasteiger partial charge is 0.273 e. The lowest BCUT2D eigenvalue weighted by molar-refractivity contribution is 0.433. The number of nitrogens with zero attached hydrogens (tertiary/aromatic N) is 2. The second-order valence-electron chi connectivity index (χ2n) is 5.30. The monoisotopic (exact) mass is 346 g/mol. The standard InChI is InChI=1S/C16H14N2O3S2/c19-23(20,16-8-7-15(22-16)14-9-10-17-21-14)18-11-3-5-12-4-1-2-6-13(12)18/h1-2,4,6-10H,3,5,11H2. The summed E-state index contributed by atoms with van der Waals surface area (Å²) < 4.78 is 33.0. The van der Waals surface area contributed by atoms with Crippen LogP contribution in [0, 0.1) is 0 Å². The first kappa shape index (κ1) is 14.5. The summed E-state index contributed by atoms with van der Waals surface area (Å²) in [6, 6.07) is 12.8. The Morgan fingerprint density at radius 2 is 2.00 bits per heavy atom. The van der Waals surface area contributed by atoms with Crippen molar-refractivity contribution in [3.8, 4) is 10.6 Å². The molecule has 23 heavy (non-hydrogen) atoms. The topological polar surface area (TPSA) is 63.4 Å². The molecule has 0 spiro atoms. The van der Waals surface area contributed by atoms with Gasteiger partial charge in [-0.05, 0) is 36.6 Å². The molecule has 0 amide bonds. The predicted molar refractivity (Wildman–Crippen MR) is 89.1 cm³/mol. The van der Waals surface area contributed by atoms with Gasteiger partial charge in [-0.1, -0.05) is 23.4 Å². The highest BCUT2D eigenvalue weighted by molar-refractivity contribution is 7.94. The molecule has 1 aliphatic heterocycles. The SMILES string of the molecule is O=S(=O)(c1ccc(-c2ccno2)s1)N1CCCc2ccccc21. The summed E-state index contributed by atoms with van der Waals surface area (Å²) in [6.45, 7) is 0.509. The Morgan fingerprint density at radius 1 is 1.13 bits per heavy atom. The van der Waals surface area contributed by atoms with Crippen LogP contribution in [0.2, 0.25) is 0 Å². The van der Waals surface area contributed by atoms with Crippen molar-refractivity contribution in [3.05, 3.63) is 54.2 Å². The predicted octanol–water partition coefficient (Wildman–Crippen LogP) is 3.54. The van der Waals surface area contributed by atoms with E-state index in [1.165, 1.54) is 15.6 Å². The van der Waals surface area contributed by atoms with E-state index < -0.39 is 10.0 Å².